The zero-order valence-electron chi connectivity index (χ0n) is 39.2. The summed E-state index contributed by atoms with van der Waals surface area (Å²) < 4.78 is 0. The van der Waals surface area contributed by atoms with E-state index in [2.05, 4.69) is 254 Å². The lowest BCUT2D eigenvalue weighted by Gasteiger charge is -2.42. The number of rotatable bonds is 4. The molecule has 0 fully saturated rings. The average molecular weight is 905 g/mol. The molecule has 11 aromatic carbocycles. The van der Waals surface area contributed by atoms with E-state index in [-0.39, 0.29) is 5.41 Å². The summed E-state index contributed by atoms with van der Waals surface area (Å²) in [5.41, 5.74) is 23.1. The molecule has 0 atom stereocenters. The van der Waals surface area contributed by atoms with Gasteiger partial charge < -0.3 is 9.80 Å². The van der Waals surface area contributed by atoms with Gasteiger partial charge in [-0.25, -0.2) is 9.97 Å². The van der Waals surface area contributed by atoms with Gasteiger partial charge in [0.2, 0.25) is 0 Å². The van der Waals surface area contributed by atoms with Crippen LogP contribution in [-0.4, -0.2) is 9.97 Å². The third-order valence-corrected chi connectivity index (χ3v) is 15.5. The number of para-hydroxylation sites is 3. The highest BCUT2D eigenvalue weighted by atomic mass is 15.3. The highest BCUT2D eigenvalue weighted by Gasteiger charge is 2.43. The Hall–Kier alpha value is -9.12. The van der Waals surface area contributed by atoms with Crippen LogP contribution in [0.5, 0.6) is 0 Å². The number of benzene rings is 11. The average Bonchev–Trinajstić information content (AvgIpc) is 3.59. The Kier molecular flexibility index (Phi) is 8.38. The molecule has 4 nitrogen and oxygen atoms in total. The van der Waals surface area contributed by atoms with Crippen LogP contribution in [-0.2, 0) is 5.41 Å². The SMILES string of the molecule is CC1(C)c2ccccc2-c2ccc3c(c21)-c1ccccc1N1c2c-3cc(-c3ccc(-c4nc(-c5ccccc5)c5ccccc5n4)c4ccccc34)cc2N(c2ccccc2)c2ccc3ccccc3c21. The van der Waals surface area contributed by atoms with Gasteiger partial charge in [-0.3, -0.25) is 0 Å². The van der Waals surface area contributed by atoms with Gasteiger partial charge in [0, 0.05) is 44.1 Å². The third kappa shape index (κ3) is 5.67. The molecular weight excluding hydrogens is 861 g/mol. The van der Waals surface area contributed by atoms with Crippen molar-refractivity contribution in [3.63, 3.8) is 0 Å². The Morgan fingerprint density at radius 2 is 1.00 bits per heavy atom. The maximum absolute atomic E-state index is 5.37. The lowest BCUT2D eigenvalue weighted by Crippen LogP contribution is -2.25. The van der Waals surface area contributed by atoms with Gasteiger partial charge in [-0.05, 0) is 109 Å². The third-order valence-electron chi connectivity index (χ3n) is 15.5. The molecule has 0 spiro atoms. The lowest BCUT2D eigenvalue weighted by atomic mass is 9.76. The molecule has 0 saturated carbocycles. The molecule has 12 aromatic rings. The van der Waals surface area contributed by atoms with Crippen molar-refractivity contribution in [3.8, 4) is 67.2 Å². The monoisotopic (exact) mass is 904 g/mol. The van der Waals surface area contributed by atoms with Crippen molar-refractivity contribution in [1.29, 1.82) is 0 Å². The minimum absolute atomic E-state index is 0.252. The smallest absolute Gasteiger partial charge is 0.161 e. The number of hydrogen-bond acceptors (Lipinski definition) is 4. The van der Waals surface area contributed by atoms with E-state index in [1.807, 2.05) is 0 Å². The second-order valence-corrected chi connectivity index (χ2v) is 19.6. The van der Waals surface area contributed by atoms with Gasteiger partial charge in [0.05, 0.1) is 39.6 Å². The van der Waals surface area contributed by atoms with Crippen LogP contribution in [0.4, 0.5) is 34.1 Å². The summed E-state index contributed by atoms with van der Waals surface area (Å²) in [4.78, 5) is 15.7. The summed E-state index contributed by atoms with van der Waals surface area (Å²) in [6, 6.07) is 84.5. The normalized spacial score (nSPS) is 13.5. The molecule has 2 aliphatic heterocycles. The molecule has 0 saturated heterocycles. The zero-order valence-corrected chi connectivity index (χ0v) is 39.2. The van der Waals surface area contributed by atoms with Gasteiger partial charge in [-0.15, -0.1) is 0 Å². The summed E-state index contributed by atoms with van der Waals surface area (Å²) in [5.74, 6) is 0.709. The second-order valence-electron chi connectivity index (χ2n) is 19.6. The number of nitrogens with zero attached hydrogens (tertiary/aromatic N) is 4. The van der Waals surface area contributed by atoms with Crippen LogP contribution in [0.15, 0.2) is 231 Å². The molecule has 1 aromatic heterocycles. The van der Waals surface area contributed by atoms with Crippen molar-refractivity contribution in [2.24, 2.45) is 0 Å². The molecule has 4 heteroatoms. The summed E-state index contributed by atoms with van der Waals surface area (Å²) in [7, 11) is 0. The molecule has 15 rings (SSSR count). The lowest BCUT2D eigenvalue weighted by molar-refractivity contribution is 0.662. The molecule has 0 radical (unpaired) electrons. The minimum atomic E-state index is -0.252. The van der Waals surface area contributed by atoms with E-state index in [0.717, 1.165) is 66.7 Å². The van der Waals surface area contributed by atoms with Crippen LogP contribution >= 0.6 is 0 Å². The topological polar surface area (TPSA) is 32.3 Å². The summed E-state index contributed by atoms with van der Waals surface area (Å²) >= 11 is 0. The fourth-order valence-electron chi connectivity index (χ4n) is 12.4. The molecule has 0 amide bonds. The van der Waals surface area contributed by atoms with Gasteiger partial charge in [0.1, 0.15) is 0 Å². The van der Waals surface area contributed by atoms with Crippen molar-refractivity contribution in [1.82, 2.24) is 9.97 Å². The molecule has 1 aliphatic carbocycles. The molecule has 71 heavy (non-hydrogen) atoms. The van der Waals surface area contributed by atoms with E-state index in [0.29, 0.717) is 5.82 Å². The fraction of sp³-hybridized carbons (Fsp3) is 0.0448. The van der Waals surface area contributed by atoms with Crippen molar-refractivity contribution < 1.29 is 0 Å². The highest BCUT2D eigenvalue weighted by Crippen LogP contribution is 2.65. The van der Waals surface area contributed by atoms with Crippen molar-refractivity contribution in [2.45, 2.75) is 19.3 Å². The van der Waals surface area contributed by atoms with Crippen molar-refractivity contribution >= 4 is 66.6 Å². The Balaban J connectivity index is 1.05. The van der Waals surface area contributed by atoms with Gasteiger partial charge in [-0.1, -0.05) is 196 Å². The highest BCUT2D eigenvalue weighted by molar-refractivity contribution is 6.20. The Bertz CT molecular complexity index is 4210. The predicted molar refractivity (Wildman–Crippen MR) is 296 cm³/mol. The molecule has 0 unspecified atom stereocenters. The number of fused-ring (bicyclic) bond motifs is 15. The first-order chi connectivity index (χ1) is 35.0. The second kappa shape index (κ2) is 14.9. The molecule has 0 bridgehead atoms. The van der Waals surface area contributed by atoms with Crippen LogP contribution in [0.1, 0.15) is 25.0 Å². The fourth-order valence-corrected chi connectivity index (χ4v) is 12.4. The standard InChI is InChI=1S/C67H44N4/c1-67(2)56-30-16-13-27-49(56)51-36-35-50-55-39-43(45-34-37-52(48-26-12-11-25-47(45)48)66-68-57-31-17-14-28-53(57)63(69-66)42-20-5-3-6-21-42)40-60-65(55)71(58-32-18-15-29-54(58)61(50)62(51)67)64-46-24-10-9-19-41(46)33-38-59(64)70(60)44-22-7-4-8-23-44/h3-40H,1-2H3. The number of anilines is 6. The van der Waals surface area contributed by atoms with Gasteiger partial charge in [0.15, 0.2) is 5.82 Å². The van der Waals surface area contributed by atoms with Crippen LogP contribution in [0.3, 0.4) is 0 Å². The molecule has 3 aliphatic rings. The van der Waals surface area contributed by atoms with E-state index in [1.54, 1.807) is 0 Å². The minimum Gasteiger partial charge on any atom is -0.306 e. The van der Waals surface area contributed by atoms with Crippen LogP contribution in [0.2, 0.25) is 0 Å². The first-order valence-corrected chi connectivity index (χ1v) is 24.6. The maximum atomic E-state index is 5.37. The Morgan fingerprint density at radius 1 is 0.366 bits per heavy atom. The largest absolute Gasteiger partial charge is 0.306 e. The van der Waals surface area contributed by atoms with Crippen LogP contribution in [0.25, 0.3) is 99.6 Å². The van der Waals surface area contributed by atoms with E-state index in [1.165, 1.54) is 72.3 Å². The quantitative estimate of drug-likeness (QED) is 0.176. The first-order valence-electron chi connectivity index (χ1n) is 24.6. The number of aromatic nitrogens is 2. The maximum Gasteiger partial charge on any atom is 0.161 e. The van der Waals surface area contributed by atoms with Gasteiger partial charge in [0.25, 0.3) is 0 Å². The Morgan fingerprint density at radius 3 is 1.83 bits per heavy atom. The van der Waals surface area contributed by atoms with Gasteiger partial charge >= 0.3 is 0 Å². The zero-order chi connectivity index (χ0) is 47.0. The van der Waals surface area contributed by atoms with E-state index < -0.39 is 0 Å². The molecule has 3 heterocycles. The number of hydrogen-bond donors (Lipinski definition) is 0. The van der Waals surface area contributed by atoms with E-state index >= 15 is 0 Å². The van der Waals surface area contributed by atoms with Crippen molar-refractivity contribution in [3.05, 3.63) is 242 Å². The molecule has 332 valence electrons. The summed E-state index contributed by atoms with van der Waals surface area (Å²) in [6.07, 6.45) is 0. The van der Waals surface area contributed by atoms with Crippen LogP contribution in [0, 0.1) is 0 Å². The van der Waals surface area contributed by atoms with Gasteiger partial charge in [-0.2, -0.15) is 0 Å². The summed E-state index contributed by atoms with van der Waals surface area (Å²) in [6.45, 7) is 4.83. The first kappa shape index (κ1) is 39.8. The molecular formula is C67H44N4. The van der Waals surface area contributed by atoms with E-state index in [4.69, 9.17) is 9.97 Å². The predicted octanol–water partition coefficient (Wildman–Crippen LogP) is 18.1. The van der Waals surface area contributed by atoms with Crippen LogP contribution < -0.4 is 9.80 Å². The Labute approximate surface area is 412 Å². The molecule has 0 N–H and O–H groups in total. The van der Waals surface area contributed by atoms with Crippen molar-refractivity contribution in [2.75, 3.05) is 9.80 Å². The summed E-state index contributed by atoms with van der Waals surface area (Å²) in [5, 5.41) is 5.69. The van der Waals surface area contributed by atoms with E-state index in [9.17, 15) is 0 Å².